The molecule has 0 saturated carbocycles. The number of hydrogen-bond donors (Lipinski definition) is 17. The van der Waals surface area contributed by atoms with Gasteiger partial charge in [0.2, 0.25) is 5.91 Å². The summed E-state index contributed by atoms with van der Waals surface area (Å²) in [5.41, 5.74) is 5.48. The minimum atomic E-state index is -2.10. The molecule has 25 atom stereocenters. The highest BCUT2D eigenvalue weighted by molar-refractivity contribution is 5.73. The van der Waals surface area contributed by atoms with Crippen molar-refractivity contribution in [2.24, 2.45) is 5.73 Å². The van der Waals surface area contributed by atoms with Gasteiger partial charge in [0.1, 0.15) is 116 Å². The number of carboxylic acids is 1. The Hall–Kier alpha value is -2.06. The zero-order valence-electron chi connectivity index (χ0n) is 36.1. The lowest BCUT2D eigenvalue weighted by Crippen LogP contribution is -2.71. The first kappa shape index (κ1) is 56.5. The van der Waals surface area contributed by atoms with Gasteiger partial charge in [-0.1, -0.05) is 0 Å². The smallest absolute Gasteiger partial charge is 0.300 e. The molecule has 0 aromatic rings. The quantitative estimate of drug-likeness (QED) is 0.0602. The van der Waals surface area contributed by atoms with E-state index in [1.807, 2.05) is 0 Å². The molecule has 0 aliphatic carbocycles. The number of rotatable bonds is 17. The average molecular weight is 971 g/mol. The van der Waals surface area contributed by atoms with E-state index < -0.39 is 192 Å². The number of nitrogens with one attached hydrogen (secondary N) is 1. The Morgan fingerprint density at radius 2 is 0.924 bits per heavy atom. The number of carbonyl (C=O) groups excluding carboxylic acids is 1. The molecule has 0 aromatic heterocycles. The second kappa shape index (κ2) is 25.7. The lowest BCUT2D eigenvalue weighted by Gasteiger charge is -2.51. The topological polar surface area (TPSA) is 468 Å². The van der Waals surface area contributed by atoms with Crippen molar-refractivity contribution >= 4 is 11.9 Å². The molecular formula is C37H66N2O27. The lowest BCUT2D eigenvalue weighted by molar-refractivity contribution is -0.391. The third kappa shape index (κ3) is 13.4. The molecule has 1 amide bonds. The minimum Gasteiger partial charge on any atom is -0.481 e. The van der Waals surface area contributed by atoms with Crippen LogP contribution in [0, 0.1) is 0 Å². The molecule has 5 fully saturated rings. The molecule has 0 spiro atoms. The number of hydrogen-bond acceptors (Lipinski definition) is 27. The molecule has 0 bridgehead atoms. The third-order valence-corrected chi connectivity index (χ3v) is 11.3. The van der Waals surface area contributed by atoms with Crippen molar-refractivity contribution in [3.8, 4) is 0 Å². The molecule has 29 nitrogen and oxygen atoms in total. The fourth-order valence-electron chi connectivity index (χ4n) is 7.77. The van der Waals surface area contributed by atoms with Gasteiger partial charge in [0.15, 0.2) is 31.5 Å². The molecule has 0 radical (unpaired) electrons. The summed E-state index contributed by atoms with van der Waals surface area (Å²) >= 11 is 0. The van der Waals surface area contributed by atoms with Crippen LogP contribution in [0.3, 0.4) is 0 Å². The van der Waals surface area contributed by atoms with Crippen LogP contribution in [0.5, 0.6) is 0 Å². The zero-order chi connectivity index (χ0) is 49.3. The van der Waals surface area contributed by atoms with Gasteiger partial charge in [-0.3, -0.25) is 9.59 Å². The normalized spacial score (nSPS) is 46.5. The summed E-state index contributed by atoms with van der Waals surface area (Å²) in [7, 11) is 0. The van der Waals surface area contributed by atoms with E-state index in [2.05, 4.69) is 5.32 Å². The van der Waals surface area contributed by atoms with Crippen LogP contribution in [-0.2, 0) is 57.0 Å². The van der Waals surface area contributed by atoms with Gasteiger partial charge in [-0.2, -0.15) is 0 Å². The van der Waals surface area contributed by atoms with Gasteiger partial charge < -0.3 is 135 Å². The molecule has 0 aromatic carbocycles. The van der Waals surface area contributed by atoms with E-state index in [1.54, 1.807) is 0 Å². The highest BCUT2D eigenvalue weighted by Gasteiger charge is 2.58. The Morgan fingerprint density at radius 3 is 1.47 bits per heavy atom. The van der Waals surface area contributed by atoms with Crippen LogP contribution < -0.4 is 11.1 Å². The van der Waals surface area contributed by atoms with E-state index >= 15 is 0 Å². The second-order valence-electron chi connectivity index (χ2n) is 16.2. The highest BCUT2D eigenvalue weighted by atomic mass is 16.8. The Labute approximate surface area is 376 Å². The molecule has 5 heterocycles. The maximum Gasteiger partial charge on any atom is 0.300 e. The van der Waals surface area contributed by atoms with Crippen molar-refractivity contribution in [3.63, 3.8) is 0 Å². The molecule has 5 rings (SSSR count). The van der Waals surface area contributed by atoms with Gasteiger partial charge in [-0.05, 0) is 19.9 Å². The zero-order valence-corrected chi connectivity index (χ0v) is 36.1. The van der Waals surface area contributed by atoms with Gasteiger partial charge in [-0.15, -0.1) is 0 Å². The number of aliphatic hydroxyl groups excluding tert-OH is 14. The fourth-order valence-corrected chi connectivity index (χ4v) is 7.77. The van der Waals surface area contributed by atoms with Crippen molar-refractivity contribution in [2.75, 3.05) is 39.6 Å². The summed E-state index contributed by atoms with van der Waals surface area (Å²) in [6.07, 6.45) is -42.2. The van der Waals surface area contributed by atoms with Crippen LogP contribution in [0.2, 0.25) is 0 Å². The predicted molar refractivity (Wildman–Crippen MR) is 207 cm³/mol. The molecule has 18 N–H and O–H groups in total. The number of nitrogens with two attached hydrogens (primary N) is 1. The van der Waals surface area contributed by atoms with Crippen LogP contribution in [0.25, 0.3) is 0 Å². The van der Waals surface area contributed by atoms with E-state index in [0.29, 0.717) is 6.42 Å². The van der Waals surface area contributed by atoms with Crippen molar-refractivity contribution in [1.29, 1.82) is 0 Å². The predicted octanol–water partition coefficient (Wildman–Crippen LogP) is -10.3. The van der Waals surface area contributed by atoms with Crippen LogP contribution in [0.1, 0.15) is 27.2 Å². The fraction of sp³-hybridized carbons (Fsp3) is 0.946. The van der Waals surface area contributed by atoms with Gasteiger partial charge >= 0.3 is 0 Å². The Balaban J connectivity index is 0.00000228. The van der Waals surface area contributed by atoms with Gasteiger partial charge in [0.05, 0.1) is 39.1 Å². The molecular weight excluding hydrogens is 904 g/mol. The molecule has 66 heavy (non-hydrogen) atoms. The molecule has 29 heteroatoms. The molecule has 5 aliphatic rings. The van der Waals surface area contributed by atoms with E-state index in [-0.39, 0.29) is 13.2 Å². The summed E-state index contributed by atoms with van der Waals surface area (Å²) in [5, 5.41) is 159. The largest absolute Gasteiger partial charge is 0.481 e. The van der Waals surface area contributed by atoms with Gasteiger partial charge in [0, 0.05) is 13.8 Å². The monoisotopic (exact) mass is 970 g/mol. The van der Waals surface area contributed by atoms with Crippen LogP contribution in [-0.4, -0.2) is 282 Å². The summed E-state index contributed by atoms with van der Waals surface area (Å²) < 4.78 is 57.8. The maximum absolute atomic E-state index is 12.8. The molecule has 5 aliphatic heterocycles. The van der Waals surface area contributed by atoms with Gasteiger partial charge in [-0.25, -0.2) is 0 Å². The summed E-state index contributed by atoms with van der Waals surface area (Å²) in [4.78, 5) is 21.8. The summed E-state index contributed by atoms with van der Waals surface area (Å²) in [6.45, 7) is 0.0980. The highest BCUT2D eigenvalue weighted by Crippen LogP contribution is 2.37. The molecule has 386 valence electrons. The van der Waals surface area contributed by atoms with Gasteiger partial charge in [0.25, 0.3) is 5.97 Å². The van der Waals surface area contributed by atoms with E-state index in [1.165, 1.54) is 6.92 Å². The third-order valence-electron chi connectivity index (χ3n) is 11.3. The Morgan fingerprint density at radius 1 is 0.500 bits per heavy atom. The number of ether oxygens (including phenoxy) is 10. The summed E-state index contributed by atoms with van der Waals surface area (Å²) in [6, 6.07) is -1.73. The van der Waals surface area contributed by atoms with Crippen LogP contribution >= 0.6 is 0 Å². The maximum atomic E-state index is 12.8. The number of aliphatic carboxylic acids is 1. The number of aliphatic hydroxyl groups is 14. The van der Waals surface area contributed by atoms with Crippen molar-refractivity contribution in [3.05, 3.63) is 0 Å². The first-order valence-electron chi connectivity index (χ1n) is 21.1. The Kier molecular flexibility index (Phi) is 22.0. The lowest BCUT2D eigenvalue weighted by atomic mass is 9.93. The van der Waals surface area contributed by atoms with Crippen molar-refractivity contribution in [1.82, 2.24) is 5.32 Å². The number of amides is 1. The standard InChI is InChI=1S/C35H62N2O25.C2H4O2/c1-10-17(43)20(46)23(49)33(54-10)61-29-16(37-11(2)42)31(57-15(9-41)28(29)60-34-24(50)21(47)18(44)12(6-38)55-34)62-30-19(45)13(7-39)56-35(26(30)52)59-27-14(8-40)58-32(25(51)22(27)48)53-5-3-4-36;1-2(3)4/h10,12-35,38-41,43-52H,3-9,36H2,1-2H3,(H,37,42);1H3,(H,3,4)/t10-,12+,13+,14+,15+,16+,17+,18-,19-,20+,21-,22+,23-,24+,25+,26+,27+,28+,29+,30-,31-,32+,33-,34-,35-;/m0./s1. The molecule has 5 saturated heterocycles. The van der Waals surface area contributed by atoms with Crippen molar-refractivity contribution in [2.45, 2.75) is 181 Å². The van der Waals surface area contributed by atoms with E-state index in [9.17, 15) is 76.3 Å². The minimum absolute atomic E-state index is 0.0268. The molecule has 0 unspecified atom stereocenters. The first-order chi connectivity index (χ1) is 31.1. The van der Waals surface area contributed by atoms with E-state index in [0.717, 1.165) is 13.8 Å². The summed E-state index contributed by atoms with van der Waals surface area (Å²) in [5.74, 6) is -1.66. The average Bonchev–Trinajstić information content (AvgIpc) is 3.27. The van der Waals surface area contributed by atoms with E-state index in [4.69, 9.17) is 63.0 Å². The van der Waals surface area contributed by atoms with Crippen LogP contribution in [0.4, 0.5) is 0 Å². The number of carbonyl (C=O) groups is 2. The van der Waals surface area contributed by atoms with Crippen molar-refractivity contribution < 1.29 is 134 Å². The van der Waals surface area contributed by atoms with Crippen LogP contribution in [0.15, 0.2) is 0 Å². The second-order valence-corrected chi connectivity index (χ2v) is 16.2. The first-order valence-corrected chi connectivity index (χ1v) is 21.1. The Bertz CT molecular complexity index is 1470. The SMILES string of the molecule is CC(=O)N[C@H]1[C@H](O[C@H]2[C@@H](O)[C@@H](CO)O[C@@H](O[C@H]3[C@H](O)[C@@H](O)[C@H](OCCCN)O[C@@H]3CO)[C@@H]2O)O[C@H](CO)[C@@H](O[C@@H]2O[C@H](CO)[C@H](O)[C@H](O)[C@H]2O)[C@@H]1O[C@@H]1O[C@@H](C)[C@@H](O)[C@@H](O)[C@@H]1O.CC(=O)O. The number of carboxylic acid groups (broad SMARTS) is 1.